The van der Waals surface area contributed by atoms with Gasteiger partial charge in [-0.3, -0.25) is 4.79 Å². The Hall–Kier alpha value is 0.110. The zero-order valence-corrected chi connectivity index (χ0v) is 17.3. The van der Waals surface area contributed by atoms with E-state index in [-0.39, 0.29) is 49.7 Å². The first-order valence-corrected chi connectivity index (χ1v) is 9.39. The standard InChI is InChI=1S/C15H28F3N3OS.2ClH/c1-3-20(4-2)8-9-21(7-5-15(16,17)18)14(22)11-13-12-23-10-6-19-13;;/h13,19H,3-12H2,1-2H3;2*1H. The first-order chi connectivity index (χ1) is 10.9. The third kappa shape index (κ3) is 12.2. The fourth-order valence-electron chi connectivity index (χ4n) is 2.52. The van der Waals surface area contributed by atoms with Gasteiger partial charge in [-0.25, -0.2) is 0 Å². The maximum atomic E-state index is 12.5. The lowest BCUT2D eigenvalue weighted by atomic mass is 10.2. The van der Waals surface area contributed by atoms with Gasteiger partial charge < -0.3 is 15.1 Å². The smallest absolute Gasteiger partial charge is 0.341 e. The fourth-order valence-corrected chi connectivity index (χ4v) is 3.46. The van der Waals surface area contributed by atoms with E-state index in [0.717, 1.165) is 31.1 Å². The summed E-state index contributed by atoms with van der Waals surface area (Å²) < 4.78 is 37.5. The number of carbonyl (C=O) groups is 1. The number of amides is 1. The molecule has 1 rings (SSSR count). The highest BCUT2D eigenvalue weighted by Gasteiger charge is 2.29. The maximum Gasteiger partial charge on any atom is 0.390 e. The lowest BCUT2D eigenvalue weighted by Gasteiger charge is -2.29. The second-order valence-electron chi connectivity index (χ2n) is 5.70. The fraction of sp³-hybridized carbons (Fsp3) is 0.933. The van der Waals surface area contributed by atoms with Crippen molar-refractivity contribution in [3.05, 3.63) is 0 Å². The first kappa shape index (κ1) is 27.3. The molecule has 1 heterocycles. The number of hydrogen-bond donors (Lipinski definition) is 1. The highest BCUT2D eigenvalue weighted by Crippen LogP contribution is 2.20. The number of carbonyl (C=O) groups excluding carboxylic acids is 1. The van der Waals surface area contributed by atoms with Crippen LogP contribution in [0.4, 0.5) is 13.2 Å². The molecule has 0 aliphatic carbocycles. The molecule has 0 aromatic rings. The minimum Gasteiger partial charge on any atom is -0.341 e. The van der Waals surface area contributed by atoms with E-state index in [0.29, 0.717) is 13.1 Å². The van der Waals surface area contributed by atoms with E-state index in [2.05, 4.69) is 10.2 Å². The van der Waals surface area contributed by atoms with Gasteiger partial charge in [-0.15, -0.1) is 24.8 Å². The molecule has 25 heavy (non-hydrogen) atoms. The summed E-state index contributed by atoms with van der Waals surface area (Å²) in [5, 5.41) is 3.26. The Bertz CT molecular complexity index is 355. The van der Waals surface area contributed by atoms with E-state index in [1.807, 2.05) is 13.8 Å². The summed E-state index contributed by atoms with van der Waals surface area (Å²) >= 11 is 1.78. The Labute approximate surface area is 165 Å². The van der Waals surface area contributed by atoms with Gasteiger partial charge in [0.05, 0.1) is 6.42 Å². The third-order valence-corrected chi connectivity index (χ3v) is 5.15. The van der Waals surface area contributed by atoms with Gasteiger partial charge >= 0.3 is 6.18 Å². The Morgan fingerprint density at radius 2 is 1.80 bits per heavy atom. The van der Waals surface area contributed by atoms with Gasteiger partial charge in [0, 0.05) is 50.1 Å². The van der Waals surface area contributed by atoms with Crippen LogP contribution < -0.4 is 5.32 Å². The Morgan fingerprint density at radius 1 is 1.16 bits per heavy atom. The normalized spacial score (nSPS) is 17.6. The number of thioether (sulfide) groups is 1. The minimum atomic E-state index is -4.23. The molecule has 0 spiro atoms. The van der Waals surface area contributed by atoms with Crippen molar-refractivity contribution in [3.8, 4) is 0 Å². The molecular formula is C15H30Cl2F3N3OS. The molecule has 0 aromatic heterocycles. The van der Waals surface area contributed by atoms with Crippen LogP contribution in [0.15, 0.2) is 0 Å². The van der Waals surface area contributed by atoms with E-state index < -0.39 is 12.6 Å². The molecule has 0 radical (unpaired) electrons. The molecule has 10 heteroatoms. The zero-order valence-electron chi connectivity index (χ0n) is 14.8. The van der Waals surface area contributed by atoms with Crippen molar-refractivity contribution in [2.24, 2.45) is 0 Å². The summed E-state index contributed by atoms with van der Waals surface area (Å²) in [6.07, 6.45) is -4.89. The maximum absolute atomic E-state index is 12.5. The quantitative estimate of drug-likeness (QED) is 0.613. The van der Waals surface area contributed by atoms with Crippen molar-refractivity contribution < 1.29 is 18.0 Å². The number of rotatable bonds is 9. The molecular weight excluding hydrogens is 398 g/mol. The summed E-state index contributed by atoms with van der Waals surface area (Å²) in [6, 6.07) is 0.0723. The molecule has 1 unspecified atom stereocenters. The molecule has 1 atom stereocenters. The van der Waals surface area contributed by atoms with Crippen LogP contribution in [0.1, 0.15) is 26.7 Å². The Balaban J connectivity index is 0. The van der Waals surface area contributed by atoms with E-state index in [1.165, 1.54) is 4.90 Å². The van der Waals surface area contributed by atoms with Gasteiger partial charge in [-0.05, 0) is 13.1 Å². The van der Waals surface area contributed by atoms with Gasteiger partial charge in [-0.2, -0.15) is 24.9 Å². The first-order valence-electron chi connectivity index (χ1n) is 8.23. The average molecular weight is 428 g/mol. The molecule has 152 valence electrons. The van der Waals surface area contributed by atoms with Crippen LogP contribution in [0, 0.1) is 0 Å². The average Bonchev–Trinajstić information content (AvgIpc) is 2.51. The summed E-state index contributed by atoms with van der Waals surface area (Å²) in [4.78, 5) is 15.9. The second kappa shape index (κ2) is 14.2. The van der Waals surface area contributed by atoms with Gasteiger partial charge in [0.1, 0.15) is 0 Å². The predicted molar refractivity (Wildman–Crippen MR) is 103 cm³/mol. The number of nitrogens with one attached hydrogen (secondary N) is 1. The van der Waals surface area contributed by atoms with E-state index in [4.69, 9.17) is 0 Å². The summed E-state index contributed by atoms with van der Waals surface area (Å²) in [6.45, 7) is 7.26. The number of hydrogen-bond acceptors (Lipinski definition) is 4. The predicted octanol–water partition coefficient (Wildman–Crippen LogP) is 3.05. The van der Waals surface area contributed by atoms with E-state index >= 15 is 0 Å². The van der Waals surface area contributed by atoms with Crippen LogP contribution >= 0.6 is 36.6 Å². The highest BCUT2D eigenvalue weighted by atomic mass is 35.5. The van der Waals surface area contributed by atoms with Crippen LogP contribution in [-0.4, -0.2) is 78.7 Å². The van der Waals surface area contributed by atoms with Gasteiger partial charge in [0.2, 0.25) is 5.91 Å². The molecule has 4 nitrogen and oxygen atoms in total. The summed E-state index contributed by atoms with van der Waals surface area (Å²) in [5.74, 6) is 1.68. The van der Waals surface area contributed by atoms with Crippen molar-refractivity contribution in [3.63, 3.8) is 0 Å². The SMILES string of the molecule is CCN(CC)CCN(CCC(F)(F)F)C(=O)CC1CSCCN1.Cl.Cl. The number of alkyl halides is 3. The molecule has 0 bridgehead atoms. The minimum absolute atomic E-state index is 0. The zero-order chi connectivity index (χ0) is 17.3. The van der Waals surface area contributed by atoms with Crippen LogP contribution in [0.5, 0.6) is 0 Å². The van der Waals surface area contributed by atoms with E-state index in [9.17, 15) is 18.0 Å². The number of likely N-dealkylation sites (N-methyl/N-ethyl adjacent to an activating group) is 1. The largest absolute Gasteiger partial charge is 0.390 e. The lowest BCUT2D eigenvalue weighted by Crippen LogP contribution is -2.45. The molecule has 1 saturated heterocycles. The van der Waals surface area contributed by atoms with Crippen LogP contribution in [-0.2, 0) is 4.79 Å². The van der Waals surface area contributed by atoms with Crippen molar-refractivity contribution in [1.29, 1.82) is 0 Å². The topological polar surface area (TPSA) is 35.6 Å². The van der Waals surface area contributed by atoms with Crippen molar-refractivity contribution in [2.75, 3.05) is 50.8 Å². The molecule has 0 saturated carbocycles. The summed E-state index contributed by atoms with van der Waals surface area (Å²) in [7, 11) is 0. The van der Waals surface area contributed by atoms with Crippen molar-refractivity contribution >= 4 is 42.5 Å². The molecule has 1 N–H and O–H groups in total. The monoisotopic (exact) mass is 427 g/mol. The Morgan fingerprint density at radius 3 is 2.28 bits per heavy atom. The number of halogens is 5. The molecule has 1 aliphatic rings. The lowest BCUT2D eigenvalue weighted by molar-refractivity contribution is -0.145. The molecule has 0 aromatic carbocycles. The van der Waals surface area contributed by atoms with Crippen LogP contribution in [0.2, 0.25) is 0 Å². The Kier molecular flexibility index (Phi) is 15.5. The highest BCUT2D eigenvalue weighted by molar-refractivity contribution is 7.99. The van der Waals surface area contributed by atoms with Crippen molar-refractivity contribution in [2.45, 2.75) is 38.9 Å². The van der Waals surface area contributed by atoms with E-state index in [1.54, 1.807) is 11.8 Å². The van der Waals surface area contributed by atoms with Crippen LogP contribution in [0.25, 0.3) is 0 Å². The molecule has 1 fully saturated rings. The van der Waals surface area contributed by atoms with Gasteiger partial charge in [-0.1, -0.05) is 13.8 Å². The number of nitrogens with zero attached hydrogens (tertiary/aromatic N) is 2. The van der Waals surface area contributed by atoms with Gasteiger partial charge in [0.25, 0.3) is 0 Å². The molecule has 1 aliphatic heterocycles. The van der Waals surface area contributed by atoms with Gasteiger partial charge in [0.15, 0.2) is 0 Å². The summed E-state index contributed by atoms with van der Waals surface area (Å²) in [5.41, 5.74) is 0. The third-order valence-electron chi connectivity index (χ3n) is 4.02. The van der Waals surface area contributed by atoms with Crippen molar-refractivity contribution in [1.82, 2.24) is 15.1 Å². The van der Waals surface area contributed by atoms with Crippen LogP contribution in [0.3, 0.4) is 0 Å². The molecule has 1 amide bonds. The second-order valence-corrected chi connectivity index (χ2v) is 6.85.